The van der Waals surface area contributed by atoms with Crippen molar-refractivity contribution in [3.05, 3.63) is 30.3 Å². The zero-order chi connectivity index (χ0) is 9.94. The molecule has 13 heavy (non-hydrogen) atoms. The van der Waals surface area contributed by atoms with Gasteiger partial charge in [-0.3, -0.25) is 0 Å². The van der Waals surface area contributed by atoms with E-state index in [1.807, 2.05) is 0 Å². The van der Waals surface area contributed by atoms with Gasteiger partial charge in [0.05, 0.1) is 0 Å². The van der Waals surface area contributed by atoms with Crippen LogP contribution in [-0.4, -0.2) is 20.2 Å². The van der Waals surface area contributed by atoms with Gasteiger partial charge in [0, 0.05) is 0 Å². The SMILES string of the molecule is CCC=[CH][Sb]([CH]=CCC)[CH]=CCC. The Labute approximate surface area is 90.4 Å². The molecule has 0 aliphatic carbocycles. The van der Waals surface area contributed by atoms with E-state index >= 15 is 0 Å². The van der Waals surface area contributed by atoms with E-state index in [2.05, 4.69) is 51.1 Å². The van der Waals surface area contributed by atoms with Gasteiger partial charge in [-0.25, -0.2) is 0 Å². The second kappa shape index (κ2) is 10.1. The van der Waals surface area contributed by atoms with E-state index in [4.69, 9.17) is 0 Å². The first-order valence-electron chi connectivity index (χ1n) is 5.12. The molecular formula is C12H21Sb. The molecule has 0 aromatic rings. The summed E-state index contributed by atoms with van der Waals surface area (Å²) in [6, 6.07) is 0. The van der Waals surface area contributed by atoms with Crippen LogP contribution in [0.4, 0.5) is 0 Å². The molecule has 0 bridgehead atoms. The molecule has 74 valence electrons. The monoisotopic (exact) mass is 286 g/mol. The first kappa shape index (κ1) is 13.0. The first-order valence-corrected chi connectivity index (χ1v) is 9.54. The fourth-order valence-electron chi connectivity index (χ4n) is 0.830. The van der Waals surface area contributed by atoms with Crippen molar-refractivity contribution in [2.24, 2.45) is 0 Å². The van der Waals surface area contributed by atoms with Crippen LogP contribution < -0.4 is 0 Å². The van der Waals surface area contributed by atoms with Crippen molar-refractivity contribution >= 4 is 20.2 Å². The van der Waals surface area contributed by atoms with E-state index in [0.29, 0.717) is 0 Å². The molecule has 0 atom stereocenters. The second-order valence-corrected chi connectivity index (χ2v) is 7.93. The second-order valence-electron chi connectivity index (χ2n) is 2.83. The molecule has 0 radical (unpaired) electrons. The van der Waals surface area contributed by atoms with Crippen LogP contribution in [0.5, 0.6) is 0 Å². The van der Waals surface area contributed by atoms with Crippen molar-refractivity contribution in [2.45, 2.75) is 40.0 Å². The Morgan fingerprint density at radius 1 is 0.692 bits per heavy atom. The maximum atomic E-state index is 2.45. The van der Waals surface area contributed by atoms with Crippen LogP contribution in [0, 0.1) is 0 Å². The molecule has 1 heteroatoms. The minimum absolute atomic E-state index is 1.17. The van der Waals surface area contributed by atoms with Crippen molar-refractivity contribution in [3.63, 3.8) is 0 Å². The third-order valence-electron chi connectivity index (χ3n) is 1.54. The molecule has 0 nitrogen and oxygen atoms in total. The Bertz CT molecular complexity index is 144. The Morgan fingerprint density at radius 3 is 1.23 bits per heavy atom. The predicted octanol–water partition coefficient (Wildman–Crippen LogP) is 4.00. The molecule has 0 aliphatic heterocycles. The van der Waals surface area contributed by atoms with Crippen LogP contribution in [0.2, 0.25) is 0 Å². The maximum absolute atomic E-state index is 2.45. The van der Waals surface area contributed by atoms with Crippen molar-refractivity contribution in [2.75, 3.05) is 0 Å². The molecule has 0 aromatic carbocycles. The fraction of sp³-hybridized carbons (Fsp3) is 0.500. The zero-order valence-electron chi connectivity index (χ0n) is 9.03. The summed E-state index contributed by atoms with van der Waals surface area (Å²) >= 11 is -1.25. The van der Waals surface area contributed by atoms with Gasteiger partial charge in [0.25, 0.3) is 0 Å². The zero-order valence-corrected chi connectivity index (χ0v) is 11.6. The summed E-state index contributed by atoms with van der Waals surface area (Å²) in [5, 5.41) is 0. The van der Waals surface area contributed by atoms with Crippen LogP contribution >= 0.6 is 0 Å². The van der Waals surface area contributed by atoms with E-state index in [9.17, 15) is 0 Å². The number of hydrogen-bond acceptors (Lipinski definition) is 0. The Balaban J connectivity index is 4.10. The Hall–Kier alpha value is 0.0382. The summed E-state index contributed by atoms with van der Waals surface area (Å²) in [5.41, 5.74) is 0. The summed E-state index contributed by atoms with van der Waals surface area (Å²) in [5.74, 6) is 0. The van der Waals surface area contributed by atoms with Gasteiger partial charge >= 0.3 is 90.5 Å². The summed E-state index contributed by atoms with van der Waals surface area (Å²) < 4.78 is 7.34. The molecule has 0 saturated carbocycles. The van der Waals surface area contributed by atoms with Gasteiger partial charge < -0.3 is 0 Å². The summed E-state index contributed by atoms with van der Waals surface area (Å²) in [6.07, 6.45) is 10.4. The molecule has 0 saturated heterocycles. The van der Waals surface area contributed by atoms with Crippen LogP contribution in [0.15, 0.2) is 30.3 Å². The Morgan fingerprint density at radius 2 is 1.00 bits per heavy atom. The van der Waals surface area contributed by atoms with Crippen molar-refractivity contribution in [3.8, 4) is 0 Å². The van der Waals surface area contributed by atoms with Crippen molar-refractivity contribution in [1.29, 1.82) is 0 Å². The van der Waals surface area contributed by atoms with E-state index in [0.717, 1.165) is 0 Å². The summed E-state index contributed by atoms with van der Waals surface area (Å²) in [7, 11) is 0. The third-order valence-corrected chi connectivity index (χ3v) is 6.29. The van der Waals surface area contributed by atoms with E-state index in [1.54, 1.807) is 0 Å². The molecule has 0 N–H and O–H groups in total. The van der Waals surface area contributed by atoms with Gasteiger partial charge in [0.1, 0.15) is 0 Å². The molecule has 0 heterocycles. The fourth-order valence-corrected chi connectivity index (χ4v) is 5.57. The number of hydrogen-bond donors (Lipinski definition) is 0. The standard InChI is InChI=1S/3C4H7.Sb/c3*1-3-4-2;/h3*1,3H,4H2,2H3;. The average molecular weight is 287 g/mol. The van der Waals surface area contributed by atoms with Gasteiger partial charge in [-0.15, -0.1) is 0 Å². The molecule has 0 aliphatic rings. The summed E-state index contributed by atoms with van der Waals surface area (Å²) in [6.45, 7) is 6.59. The predicted molar refractivity (Wildman–Crippen MR) is 64.0 cm³/mol. The number of rotatable bonds is 6. The van der Waals surface area contributed by atoms with Gasteiger partial charge in [-0.2, -0.15) is 0 Å². The normalized spacial score (nSPS) is 12.9. The molecule has 0 spiro atoms. The minimum atomic E-state index is -1.25. The average Bonchev–Trinajstić information content (AvgIpc) is 2.17. The van der Waals surface area contributed by atoms with Gasteiger partial charge in [0.15, 0.2) is 0 Å². The molecule has 0 unspecified atom stereocenters. The molecule has 0 rings (SSSR count). The Kier molecular flexibility index (Phi) is 10.2. The van der Waals surface area contributed by atoms with Crippen LogP contribution in [0.25, 0.3) is 0 Å². The van der Waals surface area contributed by atoms with E-state index < -0.39 is 20.2 Å². The van der Waals surface area contributed by atoms with Gasteiger partial charge in [-0.05, 0) is 0 Å². The molecule has 0 aromatic heterocycles. The van der Waals surface area contributed by atoms with E-state index in [1.165, 1.54) is 19.3 Å². The third kappa shape index (κ3) is 8.37. The van der Waals surface area contributed by atoms with Crippen molar-refractivity contribution < 1.29 is 0 Å². The quantitative estimate of drug-likeness (QED) is 0.648. The van der Waals surface area contributed by atoms with E-state index in [-0.39, 0.29) is 0 Å². The van der Waals surface area contributed by atoms with Crippen LogP contribution in [0.1, 0.15) is 40.0 Å². The number of allylic oxidation sites excluding steroid dienone is 3. The van der Waals surface area contributed by atoms with Crippen LogP contribution in [0.3, 0.4) is 0 Å². The van der Waals surface area contributed by atoms with Gasteiger partial charge in [-0.1, -0.05) is 0 Å². The topological polar surface area (TPSA) is 0 Å². The first-order chi connectivity index (χ1) is 6.35. The summed E-state index contributed by atoms with van der Waals surface area (Å²) in [4.78, 5) is 0. The molecular weight excluding hydrogens is 266 g/mol. The van der Waals surface area contributed by atoms with Crippen molar-refractivity contribution in [1.82, 2.24) is 0 Å². The van der Waals surface area contributed by atoms with Crippen LogP contribution in [-0.2, 0) is 0 Å². The van der Waals surface area contributed by atoms with Gasteiger partial charge in [0.2, 0.25) is 0 Å². The molecule has 0 amide bonds. The molecule has 0 fully saturated rings.